The Morgan fingerprint density at radius 2 is 1.77 bits per heavy atom. The smallest absolute Gasteiger partial charge is 0.250 e. The molecule has 1 aromatic heterocycles. The summed E-state index contributed by atoms with van der Waals surface area (Å²) in [4.78, 5) is 48.6. The first-order valence-electron chi connectivity index (χ1n) is 15.3. The van der Waals surface area contributed by atoms with Crippen molar-refractivity contribution < 1.29 is 24.2 Å². The van der Waals surface area contributed by atoms with Gasteiger partial charge in [-0.15, -0.1) is 5.10 Å². The highest BCUT2D eigenvalue weighted by atomic mass is 16.5. The van der Waals surface area contributed by atoms with Crippen LogP contribution < -0.4 is 4.90 Å². The van der Waals surface area contributed by atoms with Gasteiger partial charge in [-0.2, -0.15) is 0 Å². The topological polar surface area (TPSA) is 121 Å². The highest BCUT2D eigenvalue weighted by molar-refractivity contribution is 6.04. The fourth-order valence-corrected chi connectivity index (χ4v) is 7.45. The summed E-state index contributed by atoms with van der Waals surface area (Å²) in [7, 11) is 0. The predicted octanol–water partition coefficient (Wildman–Crippen LogP) is 2.38. The lowest BCUT2D eigenvalue weighted by atomic mass is 9.77. The molecule has 2 saturated heterocycles. The van der Waals surface area contributed by atoms with E-state index < -0.39 is 35.6 Å². The van der Waals surface area contributed by atoms with Crippen LogP contribution in [0.15, 0.2) is 78.9 Å². The summed E-state index contributed by atoms with van der Waals surface area (Å²) in [6, 6.07) is 15.2. The number of hydrogen-bond donors (Lipinski definition) is 1. The van der Waals surface area contributed by atoms with E-state index in [0.29, 0.717) is 18.5 Å². The van der Waals surface area contributed by atoms with Crippen LogP contribution in [0.5, 0.6) is 0 Å². The number of aromatic nitrogens is 3. The van der Waals surface area contributed by atoms with Gasteiger partial charge in [0.15, 0.2) is 0 Å². The van der Waals surface area contributed by atoms with Gasteiger partial charge in [-0.3, -0.25) is 14.4 Å². The largest absolute Gasteiger partial charge is 0.394 e. The van der Waals surface area contributed by atoms with Gasteiger partial charge in [-0.05, 0) is 30.2 Å². The molecule has 44 heavy (non-hydrogen) atoms. The maximum Gasteiger partial charge on any atom is 0.250 e. The molecule has 3 aromatic rings. The van der Waals surface area contributed by atoms with Crippen molar-refractivity contribution in [3.8, 4) is 0 Å². The van der Waals surface area contributed by atoms with E-state index >= 15 is 0 Å². The fourth-order valence-electron chi connectivity index (χ4n) is 7.45. The standard InChI is InChI=1S/C33H36N6O5/c1-3-21(2)25(19-40)39-29-32(43)36(20-38-24-14-8-7-13-23(24)34-35-38)17-10-16-33(29)28(31(39)42)27-26(44-33)15-9-18-37(30(27)41)22-11-5-4-6-12-22/h4-16,21,25-29,40H,3,17-20H2,1-2H3/t21-,25-,26-,27+,28-,29?,33-/m0/s1. The van der Waals surface area contributed by atoms with Gasteiger partial charge < -0.3 is 24.5 Å². The Bertz CT molecular complexity index is 1650. The van der Waals surface area contributed by atoms with Gasteiger partial charge in [0.25, 0.3) is 5.91 Å². The Labute approximate surface area is 255 Å². The monoisotopic (exact) mass is 596 g/mol. The summed E-state index contributed by atoms with van der Waals surface area (Å²) >= 11 is 0. The molecule has 2 aromatic carbocycles. The third-order valence-corrected chi connectivity index (χ3v) is 9.82. The molecular formula is C33H36N6O5. The molecular weight excluding hydrogens is 560 g/mol. The number of carbonyl (C=O) groups is 3. The zero-order valence-corrected chi connectivity index (χ0v) is 24.8. The van der Waals surface area contributed by atoms with Crippen LogP contribution in [0.2, 0.25) is 0 Å². The normalized spacial score (nSPS) is 29.4. The first-order chi connectivity index (χ1) is 21.4. The number of rotatable bonds is 7. The van der Waals surface area contributed by atoms with Crippen molar-refractivity contribution in [2.75, 3.05) is 24.6 Å². The maximum atomic E-state index is 14.7. The van der Waals surface area contributed by atoms with E-state index in [1.165, 1.54) is 4.90 Å². The molecule has 11 nitrogen and oxygen atoms in total. The van der Waals surface area contributed by atoms with Crippen molar-refractivity contribution in [2.45, 2.75) is 50.7 Å². The summed E-state index contributed by atoms with van der Waals surface area (Å²) in [5, 5.41) is 19.2. The first-order valence-corrected chi connectivity index (χ1v) is 15.3. The Kier molecular flexibility index (Phi) is 7.09. The summed E-state index contributed by atoms with van der Waals surface area (Å²) in [6.07, 6.45) is 7.43. The lowest BCUT2D eigenvalue weighted by molar-refractivity contribution is -0.152. The molecule has 0 radical (unpaired) electrons. The first kappa shape index (κ1) is 28.4. The van der Waals surface area contributed by atoms with E-state index in [9.17, 15) is 19.5 Å². The minimum Gasteiger partial charge on any atom is -0.394 e. The van der Waals surface area contributed by atoms with E-state index in [2.05, 4.69) is 10.3 Å². The number of ether oxygens (including phenoxy) is 1. The van der Waals surface area contributed by atoms with Crippen LogP contribution >= 0.6 is 0 Å². The molecule has 1 unspecified atom stereocenters. The van der Waals surface area contributed by atoms with E-state index in [0.717, 1.165) is 11.2 Å². The van der Waals surface area contributed by atoms with Crippen LogP contribution in [0, 0.1) is 17.8 Å². The van der Waals surface area contributed by atoms with Gasteiger partial charge in [0.05, 0.1) is 36.1 Å². The van der Waals surface area contributed by atoms with Crippen LogP contribution in [0.1, 0.15) is 20.3 Å². The number of likely N-dealkylation sites (tertiary alicyclic amines) is 1. The van der Waals surface area contributed by atoms with Gasteiger partial charge in [0.1, 0.15) is 23.8 Å². The van der Waals surface area contributed by atoms with Gasteiger partial charge in [0, 0.05) is 18.8 Å². The Hall–Kier alpha value is -4.35. The van der Waals surface area contributed by atoms with E-state index in [1.54, 1.807) is 14.5 Å². The molecule has 0 bridgehead atoms. The van der Waals surface area contributed by atoms with Gasteiger partial charge in [0.2, 0.25) is 11.8 Å². The molecule has 7 rings (SSSR count). The second-order valence-corrected chi connectivity index (χ2v) is 12.1. The molecule has 5 heterocycles. The van der Waals surface area contributed by atoms with Crippen molar-refractivity contribution in [3.05, 3.63) is 78.9 Å². The summed E-state index contributed by atoms with van der Waals surface area (Å²) in [6.45, 7) is 4.36. The van der Waals surface area contributed by atoms with Crippen LogP contribution in [0.25, 0.3) is 11.0 Å². The van der Waals surface area contributed by atoms with E-state index in [1.807, 2.05) is 92.7 Å². The number of anilines is 1. The van der Waals surface area contributed by atoms with Crippen molar-refractivity contribution in [1.82, 2.24) is 24.8 Å². The predicted molar refractivity (Wildman–Crippen MR) is 162 cm³/mol. The Balaban J connectivity index is 1.32. The van der Waals surface area contributed by atoms with Crippen molar-refractivity contribution >= 4 is 34.4 Å². The second-order valence-electron chi connectivity index (χ2n) is 12.1. The summed E-state index contributed by atoms with van der Waals surface area (Å²) in [5.74, 6) is -2.77. The number of carbonyl (C=O) groups excluding carboxylic acids is 3. The lowest BCUT2D eigenvalue weighted by Crippen LogP contribution is -2.59. The number of fused-ring (bicyclic) bond motifs is 3. The molecule has 1 spiro atoms. The van der Waals surface area contributed by atoms with E-state index in [4.69, 9.17) is 4.74 Å². The van der Waals surface area contributed by atoms with Crippen molar-refractivity contribution in [2.24, 2.45) is 17.8 Å². The molecule has 4 aliphatic heterocycles. The Morgan fingerprint density at radius 3 is 2.55 bits per heavy atom. The highest BCUT2D eigenvalue weighted by Gasteiger charge is 2.72. The molecule has 4 aliphatic rings. The third-order valence-electron chi connectivity index (χ3n) is 9.82. The van der Waals surface area contributed by atoms with Gasteiger partial charge in [-0.1, -0.05) is 80.1 Å². The number of aliphatic hydroxyl groups is 1. The minimum absolute atomic E-state index is 0.103. The number of amides is 3. The third kappa shape index (κ3) is 4.21. The zero-order chi connectivity index (χ0) is 30.6. The lowest BCUT2D eigenvalue weighted by Gasteiger charge is -2.40. The second kappa shape index (κ2) is 11.0. The highest BCUT2D eigenvalue weighted by Crippen LogP contribution is 2.54. The van der Waals surface area contributed by atoms with E-state index in [-0.39, 0.29) is 43.5 Å². The van der Waals surface area contributed by atoms with Crippen LogP contribution in [-0.4, -0.2) is 91.1 Å². The minimum atomic E-state index is -1.39. The molecule has 0 saturated carbocycles. The average molecular weight is 597 g/mol. The molecule has 11 heteroatoms. The van der Waals surface area contributed by atoms with Crippen LogP contribution in [-0.2, 0) is 25.8 Å². The van der Waals surface area contributed by atoms with Crippen LogP contribution in [0.3, 0.4) is 0 Å². The number of benzene rings is 2. The SMILES string of the molecule is CC[C@H](C)[C@H](CO)N1C(=O)[C@@H]2[C@@H]3C(=O)N(c4ccccc4)CC=C[C@@H]3O[C@@]23C=CCN(Cn2nnc4ccccc42)C(=O)C13. The quantitative estimate of drug-likeness (QED) is 0.416. The summed E-state index contributed by atoms with van der Waals surface area (Å²) in [5.41, 5.74) is 0.839. The molecule has 228 valence electrons. The number of aliphatic hydroxyl groups excluding tert-OH is 1. The van der Waals surface area contributed by atoms with Crippen molar-refractivity contribution in [3.63, 3.8) is 0 Å². The number of para-hydroxylation sites is 2. The molecule has 1 N–H and O–H groups in total. The number of hydrogen-bond acceptors (Lipinski definition) is 7. The van der Waals surface area contributed by atoms with Crippen LogP contribution in [0.4, 0.5) is 5.69 Å². The number of nitrogens with zero attached hydrogens (tertiary/aromatic N) is 6. The zero-order valence-electron chi connectivity index (χ0n) is 24.8. The summed E-state index contributed by atoms with van der Waals surface area (Å²) < 4.78 is 8.45. The molecule has 0 aliphatic carbocycles. The van der Waals surface area contributed by atoms with Gasteiger partial charge in [-0.25, -0.2) is 4.68 Å². The van der Waals surface area contributed by atoms with Gasteiger partial charge >= 0.3 is 0 Å². The molecule has 2 fully saturated rings. The average Bonchev–Trinajstić information content (AvgIpc) is 3.60. The molecule has 3 amide bonds. The maximum absolute atomic E-state index is 14.7. The Morgan fingerprint density at radius 1 is 1.00 bits per heavy atom. The fraction of sp³-hybridized carbons (Fsp3) is 0.424. The molecule has 7 atom stereocenters. The van der Waals surface area contributed by atoms with Crippen molar-refractivity contribution in [1.29, 1.82) is 0 Å².